The molecule has 2 fully saturated rings. The summed E-state index contributed by atoms with van der Waals surface area (Å²) >= 11 is 0. The van der Waals surface area contributed by atoms with Gasteiger partial charge in [-0.3, -0.25) is 4.79 Å². The number of pyridine rings is 1. The van der Waals surface area contributed by atoms with Gasteiger partial charge in [0.2, 0.25) is 0 Å². The summed E-state index contributed by atoms with van der Waals surface area (Å²) in [5, 5.41) is 11.1. The third kappa shape index (κ3) is 2.96. The van der Waals surface area contributed by atoms with Gasteiger partial charge in [0.05, 0.1) is 12.1 Å². The van der Waals surface area contributed by atoms with Crippen molar-refractivity contribution in [2.24, 2.45) is 5.92 Å². The monoisotopic (exact) mass is 312 g/mol. The fraction of sp³-hybridized carbons (Fsp3) is 0.444. The van der Waals surface area contributed by atoms with Crippen molar-refractivity contribution in [2.45, 2.75) is 44.7 Å². The largest absolute Gasteiger partial charge is 0.619 e. The van der Waals surface area contributed by atoms with Crippen LogP contribution in [0.25, 0.3) is 0 Å². The van der Waals surface area contributed by atoms with Crippen molar-refractivity contribution in [1.29, 1.82) is 0 Å². The Hall–Kier alpha value is -2.30. The Balaban J connectivity index is 1.50. The Morgan fingerprint density at radius 1 is 1.30 bits per heavy atom. The minimum atomic E-state index is -0.0363. The maximum absolute atomic E-state index is 12.7. The number of rotatable bonds is 5. The number of carbonyl (C=O) groups is 1. The molecule has 2 aromatic rings. The van der Waals surface area contributed by atoms with Gasteiger partial charge < -0.3 is 14.5 Å². The maximum Gasteiger partial charge on any atom is 0.254 e. The molecule has 2 saturated carbocycles. The predicted octanol–water partition coefficient (Wildman–Crippen LogP) is 2.84. The molecule has 23 heavy (non-hydrogen) atoms. The summed E-state index contributed by atoms with van der Waals surface area (Å²) in [6.45, 7) is 2.72. The van der Waals surface area contributed by atoms with Gasteiger partial charge in [-0.1, -0.05) is 6.92 Å². The van der Waals surface area contributed by atoms with E-state index in [4.69, 9.17) is 4.42 Å². The van der Waals surface area contributed by atoms with E-state index in [0.717, 1.165) is 24.4 Å². The SMILES string of the molecule is C[C@H]1C[C@@H]1c1ccc(CN(C(=O)c2cc[n+]([O-])cc2)C2CC2)o1. The quantitative estimate of drug-likeness (QED) is 0.630. The molecule has 5 nitrogen and oxygen atoms in total. The Morgan fingerprint density at radius 3 is 2.61 bits per heavy atom. The first-order chi connectivity index (χ1) is 11.1. The molecule has 120 valence electrons. The van der Waals surface area contributed by atoms with Crippen molar-refractivity contribution >= 4 is 5.91 Å². The van der Waals surface area contributed by atoms with Gasteiger partial charge in [-0.25, -0.2) is 0 Å². The molecule has 0 unspecified atom stereocenters. The molecule has 4 rings (SSSR count). The van der Waals surface area contributed by atoms with E-state index in [9.17, 15) is 10.0 Å². The molecule has 2 aliphatic rings. The smallest absolute Gasteiger partial charge is 0.254 e. The molecule has 0 aromatic carbocycles. The number of aromatic nitrogens is 1. The number of furan rings is 1. The molecular formula is C18H20N2O3. The summed E-state index contributed by atoms with van der Waals surface area (Å²) in [5.74, 6) is 3.11. The lowest BCUT2D eigenvalue weighted by Gasteiger charge is -2.21. The van der Waals surface area contributed by atoms with Crippen molar-refractivity contribution in [2.75, 3.05) is 0 Å². The van der Waals surface area contributed by atoms with Crippen LogP contribution in [0.2, 0.25) is 0 Å². The van der Waals surface area contributed by atoms with E-state index in [0.29, 0.717) is 28.7 Å². The van der Waals surface area contributed by atoms with E-state index >= 15 is 0 Å². The summed E-state index contributed by atoms with van der Waals surface area (Å²) < 4.78 is 6.63. The summed E-state index contributed by atoms with van der Waals surface area (Å²) in [6.07, 6.45) is 5.98. The first-order valence-electron chi connectivity index (χ1n) is 8.20. The second-order valence-corrected chi connectivity index (χ2v) is 6.73. The van der Waals surface area contributed by atoms with E-state index in [1.165, 1.54) is 18.8 Å². The van der Waals surface area contributed by atoms with Crippen LogP contribution in [-0.2, 0) is 6.54 Å². The second kappa shape index (κ2) is 5.41. The molecule has 0 aliphatic heterocycles. The highest BCUT2D eigenvalue weighted by Crippen LogP contribution is 2.47. The van der Waals surface area contributed by atoms with Gasteiger partial charge in [0.1, 0.15) is 11.5 Å². The fourth-order valence-corrected chi connectivity index (χ4v) is 3.04. The van der Waals surface area contributed by atoms with Crippen LogP contribution in [0.1, 0.15) is 54.0 Å². The molecule has 0 spiro atoms. The van der Waals surface area contributed by atoms with Crippen molar-refractivity contribution in [3.05, 3.63) is 59.0 Å². The summed E-state index contributed by atoms with van der Waals surface area (Å²) in [4.78, 5) is 14.6. The molecule has 0 radical (unpaired) electrons. The van der Waals surface area contributed by atoms with E-state index in [1.54, 1.807) is 12.1 Å². The summed E-state index contributed by atoms with van der Waals surface area (Å²) in [6, 6.07) is 7.46. The van der Waals surface area contributed by atoms with Gasteiger partial charge in [-0.05, 0) is 37.3 Å². The molecule has 1 amide bonds. The molecule has 2 aliphatic carbocycles. The first-order valence-corrected chi connectivity index (χ1v) is 8.20. The van der Waals surface area contributed by atoms with E-state index in [1.807, 2.05) is 17.0 Å². The van der Waals surface area contributed by atoms with Crippen LogP contribution in [0.4, 0.5) is 0 Å². The zero-order valence-corrected chi connectivity index (χ0v) is 13.1. The predicted molar refractivity (Wildman–Crippen MR) is 83.5 cm³/mol. The van der Waals surface area contributed by atoms with Crippen LogP contribution in [-0.4, -0.2) is 16.8 Å². The highest BCUT2D eigenvalue weighted by atomic mass is 16.5. The Morgan fingerprint density at radius 2 is 2.00 bits per heavy atom. The number of hydrogen-bond donors (Lipinski definition) is 0. The van der Waals surface area contributed by atoms with Crippen molar-refractivity contribution in [1.82, 2.24) is 4.90 Å². The molecule has 5 heteroatoms. The van der Waals surface area contributed by atoms with Crippen LogP contribution in [0.3, 0.4) is 0 Å². The summed E-state index contributed by atoms with van der Waals surface area (Å²) in [7, 11) is 0. The molecule has 0 saturated heterocycles. The van der Waals surface area contributed by atoms with Crippen LogP contribution in [0, 0.1) is 11.1 Å². The van der Waals surface area contributed by atoms with Crippen LogP contribution in [0.5, 0.6) is 0 Å². The van der Waals surface area contributed by atoms with Crippen LogP contribution >= 0.6 is 0 Å². The molecule has 2 aromatic heterocycles. The average molecular weight is 312 g/mol. The zero-order valence-electron chi connectivity index (χ0n) is 13.1. The Bertz CT molecular complexity index is 718. The fourth-order valence-electron chi connectivity index (χ4n) is 3.04. The third-order valence-corrected chi connectivity index (χ3v) is 4.78. The molecular weight excluding hydrogens is 292 g/mol. The lowest BCUT2D eigenvalue weighted by atomic mass is 10.2. The second-order valence-electron chi connectivity index (χ2n) is 6.73. The zero-order chi connectivity index (χ0) is 16.0. The number of hydrogen-bond acceptors (Lipinski definition) is 3. The topological polar surface area (TPSA) is 60.4 Å². The van der Waals surface area contributed by atoms with Crippen molar-refractivity contribution in [3.8, 4) is 0 Å². The standard InChI is InChI=1S/C18H20N2O3/c1-12-10-16(12)17-5-4-15(23-17)11-20(14-2-3-14)18(21)13-6-8-19(22)9-7-13/h4-9,12,14,16H,2-3,10-11H2,1H3/t12-,16-/m0/s1. The van der Waals surface area contributed by atoms with Crippen LogP contribution in [0.15, 0.2) is 41.1 Å². The maximum atomic E-state index is 12.7. The van der Waals surface area contributed by atoms with E-state index in [2.05, 4.69) is 6.92 Å². The minimum absolute atomic E-state index is 0.0363. The van der Waals surface area contributed by atoms with Gasteiger partial charge in [-0.2, -0.15) is 4.73 Å². The number of nitrogens with zero attached hydrogens (tertiary/aromatic N) is 2. The Kier molecular flexibility index (Phi) is 3.36. The lowest BCUT2D eigenvalue weighted by Crippen LogP contribution is -2.33. The number of amides is 1. The van der Waals surface area contributed by atoms with Crippen molar-refractivity contribution < 1.29 is 13.9 Å². The lowest BCUT2D eigenvalue weighted by molar-refractivity contribution is -0.605. The van der Waals surface area contributed by atoms with Crippen LogP contribution < -0.4 is 4.73 Å². The highest BCUT2D eigenvalue weighted by molar-refractivity contribution is 5.94. The van der Waals surface area contributed by atoms with Gasteiger partial charge in [0, 0.05) is 24.1 Å². The molecule has 0 N–H and O–H groups in total. The van der Waals surface area contributed by atoms with Crippen molar-refractivity contribution in [3.63, 3.8) is 0 Å². The highest BCUT2D eigenvalue weighted by Gasteiger charge is 2.37. The van der Waals surface area contributed by atoms with E-state index < -0.39 is 0 Å². The minimum Gasteiger partial charge on any atom is -0.619 e. The van der Waals surface area contributed by atoms with Gasteiger partial charge in [0.25, 0.3) is 5.91 Å². The molecule has 2 atom stereocenters. The Labute approximate surface area is 135 Å². The summed E-state index contributed by atoms with van der Waals surface area (Å²) in [5.41, 5.74) is 0.548. The molecule has 0 bridgehead atoms. The van der Waals surface area contributed by atoms with Gasteiger partial charge in [-0.15, -0.1) is 0 Å². The first kappa shape index (κ1) is 14.3. The molecule has 2 heterocycles. The van der Waals surface area contributed by atoms with Gasteiger partial charge in [0.15, 0.2) is 12.4 Å². The van der Waals surface area contributed by atoms with Gasteiger partial charge >= 0.3 is 0 Å². The normalized spacial score (nSPS) is 22.8. The van der Waals surface area contributed by atoms with E-state index in [-0.39, 0.29) is 11.9 Å². The average Bonchev–Trinajstić information content (AvgIpc) is 3.46. The number of carbonyl (C=O) groups excluding carboxylic acids is 1. The third-order valence-electron chi connectivity index (χ3n) is 4.78.